The highest BCUT2D eigenvalue weighted by Gasteiger charge is 2.35. The SMILES string of the molecule is Cc1noc([C@@H](NC(=O)c2nc(-c3ccc(F)c(F)c3)n3c2CCOCC3)C(C)(C)C)n1. The maximum Gasteiger partial charge on any atom is 0.272 e. The van der Waals surface area contributed by atoms with Gasteiger partial charge in [0.15, 0.2) is 17.5 Å². The minimum Gasteiger partial charge on any atom is -0.379 e. The zero-order valence-corrected chi connectivity index (χ0v) is 18.4. The maximum atomic E-state index is 13.9. The molecule has 2 aromatic heterocycles. The normalized spacial score (nSPS) is 15.2. The Kier molecular flexibility index (Phi) is 5.81. The van der Waals surface area contributed by atoms with Gasteiger partial charge >= 0.3 is 0 Å². The summed E-state index contributed by atoms with van der Waals surface area (Å²) in [6.07, 6.45) is 0.458. The van der Waals surface area contributed by atoms with Gasteiger partial charge in [0.1, 0.15) is 17.6 Å². The Morgan fingerprint density at radius 2 is 1.97 bits per heavy atom. The quantitative estimate of drug-likeness (QED) is 0.659. The average molecular weight is 445 g/mol. The molecular formula is C22H25F2N5O3. The first-order chi connectivity index (χ1) is 15.1. The standard InChI is InChI=1S/C22H25F2N5O3/c1-12-25-21(32-28-12)18(22(2,3)4)27-20(30)17-16-7-9-31-10-8-29(16)19(26-17)13-5-6-14(23)15(24)11-13/h5-6,11,18H,7-10H2,1-4H3,(H,27,30)/t18-/m1/s1. The van der Waals surface area contributed by atoms with E-state index >= 15 is 0 Å². The van der Waals surface area contributed by atoms with Crippen LogP contribution in [0.25, 0.3) is 11.4 Å². The van der Waals surface area contributed by atoms with Crippen LogP contribution in [0.4, 0.5) is 8.78 Å². The summed E-state index contributed by atoms with van der Waals surface area (Å²) in [6, 6.07) is 3.02. The summed E-state index contributed by atoms with van der Waals surface area (Å²) in [5.41, 5.74) is 0.845. The van der Waals surface area contributed by atoms with E-state index in [1.807, 2.05) is 25.3 Å². The molecular weight excluding hydrogens is 420 g/mol. The smallest absolute Gasteiger partial charge is 0.272 e. The summed E-state index contributed by atoms with van der Waals surface area (Å²) in [7, 11) is 0. The number of aromatic nitrogens is 4. The number of amides is 1. The Morgan fingerprint density at radius 3 is 2.62 bits per heavy atom. The number of nitrogens with one attached hydrogen (secondary N) is 1. The number of aryl methyl sites for hydroxylation is 1. The molecule has 1 N–H and O–H groups in total. The molecule has 0 bridgehead atoms. The van der Waals surface area contributed by atoms with Gasteiger partial charge in [-0.15, -0.1) is 0 Å². The van der Waals surface area contributed by atoms with Gasteiger partial charge in [-0.3, -0.25) is 4.79 Å². The van der Waals surface area contributed by atoms with Crippen molar-refractivity contribution in [2.45, 2.75) is 46.7 Å². The van der Waals surface area contributed by atoms with E-state index in [9.17, 15) is 13.6 Å². The number of halogens is 2. The maximum absolute atomic E-state index is 13.9. The number of hydrogen-bond donors (Lipinski definition) is 1. The minimum absolute atomic E-state index is 0.209. The molecule has 1 atom stereocenters. The Hall–Kier alpha value is -3.14. The summed E-state index contributed by atoms with van der Waals surface area (Å²) >= 11 is 0. The van der Waals surface area contributed by atoms with Gasteiger partial charge in [0.25, 0.3) is 5.91 Å². The van der Waals surface area contributed by atoms with Gasteiger partial charge in [-0.1, -0.05) is 25.9 Å². The third-order valence-electron chi connectivity index (χ3n) is 5.34. The van der Waals surface area contributed by atoms with Crippen molar-refractivity contribution < 1.29 is 22.8 Å². The second-order valence-electron chi connectivity index (χ2n) is 8.83. The Balaban J connectivity index is 1.74. The average Bonchev–Trinajstić information content (AvgIpc) is 3.22. The molecule has 0 saturated carbocycles. The molecule has 3 heterocycles. The zero-order valence-electron chi connectivity index (χ0n) is 18.4. The van der Waals surface area contributed by atoms with Crippen LogP contribution in [0, 0.1) is 24.0 Å². The second-order valence-corrected chi connectivity index (χ2v) is 8.83. The lowest BCUT2D eigenvalue weighted by atomic mass is 9.86. The first kappa shape index (κ1) is 22.1. The predicted octanol–water partition coefficient (Wildman–Crippen LogP) is 3.61. The summed E-state index contributed by atoms with van der Waals surface area (Å²) < 4.78 is 40.1. The molecule has 8 nitrogen and oxygen atoms in total. The van der Waals surface area contributed by atoms with Crippen molar-refractivity contribution in [3.05, 3.63) is 52.9 Å². The van der Waals surface area contributed by atoms with Crippen LogP contribution in [0.3, 0.4) is 0 Å². The van der Waals surface area contributed by atoms with Crippen molar-refractivity contribution in [1.82, 2.24) is 25.0 Å². The summed E-state index contributed by atoms with van der Waals surface area (Å²) in [6.45, 7) is 8.85. The molecule has 1 aliphatic rings. The topological polar surface area (TPSA) is 95.1 Å². The van der Waals surface area contributed by atoms with Crippen LogP contribution in [0.5, 0.6) is 0 Å². The Morgan fingerprint density at radius 1 is 1.19 bits per heavy atom. The molecule has 1 aliphatic heterocycles. The number of carbonyl (C=O) groups excluding carboxylic acids is 1. The van der Waals surface area contributed by atoms with Crippen molar-refractivity contribution in [2.75, 3.05) is 13.2 Å². The van der Waals surface area contributed by atoms with E-state index in [0.717, 1.165) is 12.1 Å². The highest BCUT2D eigenvalue weighted by molar-refractivity contribution is 5.94. The molecule has 1 amide bonds. The molecule has 170 valence electrons. The van der Waals surface area contributed by atoms with Crippen LogP contribution in [-0.2, 0) is 17.7 Å². The fraction of sp³-hybridized carbons (Fsp3) is 0.455. The monoisotopic (exact) mass is 445 g/mol. The van der Waals surface area contributed by atoms with Crippen LogP contribution in [0.2, 0.25) is 0 Å². The van der Waals surface area contributed by atoms with E-state index in [-0.39, 0.29) is 5.69 Å². The van der Waals surface area contributed by atoms with Gasteiger partial charge in [-0.2, -0.15) is 4.98 Å². The highest BCUT2D eigenvalue weighted by Crippen LogP contribution is 2.33. The van der Waals surface area contributed by atoms with E-state index in [2.05, 4.69) is 20.4 Å². The summed E-state index contributed by atoms with van der Waals surface area (Å²) in [4.78, 5) is 22.2. The predicted molar refractivity (Wildman–Crippen MR) is 111 cm³/mol. The van der Waals surface area contributed by atoms with Gasteiger partial charge in [-0.05, 0) is 30.5 Å². The van der Waals surface area contributed by atoms with Crippen molar-refractivity contribution in [3.63, 3.8) is 0 Å². The van der Waals surface area contributed by atoms with Crippen molar-refractivity contribution >= 4 is 5.91 Å². The van der Waals surface area contributed by atoms with Gasteiger partial charge in [0, 0.05) is 18.5 Å². The third-order valence-corrected chi connectivity index (χ3v) is 5.34. The molecule has 10 heteroatoms. The lowest BCUT2D eigenvalue weighted by Crippen LogP contribution is -2.37. The minimum atomic E-state index is -0.977. The fourth-order valence-electron chi connectivity index (χ4n) is 3.72. The molecule has 0 fully saturated rings. The summed E-state index contributed by atoms with van der Waals surface area (Å²) in [5.74, 6) is -1.18. The van der Waals surface area contributed by atoms with E-state index in [4.69, 9.17) is 9.26 Å². The largest absolute Gasteiger partial charge is 0.379 e. The summed E-state index contributed by atoms with van der Waals surface area (Å²) in [5, 5.41) is 6.81. The van der Waals surface area contributed by atoms with Gasteiger partial charge in [-0.25, -0.2) is 13.8 Å². The van der Waals surface area contributed by atoms with Crippen LogP contribution >= 0.6 is 0 Å². The molecule has 3 aromatic rings. The molecule has 32 heavy (non-hydrogen) atoms. The molecule has 0 unspecified atom stereocenters. The zero-order chi connectivity index (χ0) is 23.0. The number of fused-ring (bicyclic) bond motifs is 1. The second kappa shape index (κ2) is 8.42. The van der Waals surface area contributed by atoms with E-state index in [0.29, 0.717) is 55.0 Å². The molecule has 0 spiro atoms. The number of hydrogen-bond acceptors (Lipinski definition) is 6. The lowest BCUT2D eigenvalue weighted by molar-refractivity contribution is 0.0874. The number of imidazole rings is 1. The van der Waals surface area contributed by atoms with Crippen molar-refractivity contribution in [1.29, 1.82) is 0 Å². The van der Waals surface area contributed by atoms with Crippen LogP contribution < -0.4 is 5.32 Å². The van der Waals surface area contributed by atoms with E-state index in [1.54, 1.807) is 6.92 Å². The highest BCUT2D eigenvalue weighted by atomic mass is 19.2. The molecule has 0 saturated heterocycles. The number of rotatable bonds is 4. The van der Waals surface area contributed by atoms with Gasteiger partial charge < -0.3 is 19.1 Å². The molecule has 1 aromatic carbocycles. The lowest BCUT2D eigenvalue weighted by Gasteiger charge is -2.28. The number of benzene rings is 1. The van der Waals surface area contributed by atoms with Crippen molar-refractivity contribution in [3.8, 4) is 11.4 Å². The fourth-order valence-corrected chi connectivity index (χ4v) is 3.72. The third kappa shape index (κ3) is 4.27. The van der Waals surface area contributed by atoms with Crippen LogP contribution in [0.15, 0.2) is 22.7 Å². The molecule has 0 radical (unpaired) electrons. The van der Waals surface area contributed by atoms with E-state index < -0.39 is 29.0 Å². The van der Waals surface area contributed by atoms with Gasteiger partial charge in [0.05, 0.1) is 18.9 Å². The van der Waals surface area contributed by atoms with Gasteiger partial charge in [0.2, 0.25) is 5.89 Å². The van der Waals surface area contributed by atoms with Crippen molar-refractivity contribution in [2.24, 2.45) is 5.41 Å². The first-order valence-electron chi connectivity index (χ1n) is 10.4. The Labute approximate surface area is 184 Å². The number of nitrogens with zero attached hydrogens (tertiary/aromatic N) is 4. The number of ether oxygens (including phenoxy) is 1. The Bertz CT molecular complexity index is 1150. The van der Waals surface area contributed by atoms with Crippen LogP contribution in [0.1, 0.15) is 54.7 Å². The first-order valence-corrected chi connectivity index (χ1v) is 10.4. The molecule has 0 aliphatic carbocycles. The van der Waals surface area contributed by atoms with E-state index in [1.165, 1.54) is 6.07 Å². The van der Waals surface area contributed by atoms with Crippen LogP contribution in [-0.4, -0.2) is 38.8 Å². The number of carbonyl (C=O) groups is 1. The molecule has 4 rings (SSSR count).